The normalized spacial score (nSPS) is 12.3. The van der Waals surface area contributed by atoms with Crippen LogP contribution in [0.1, 0.15) is 21.5 Å². The molecule has 174 valence electrons. The van der Waals surface area contributed by atoms with Crippen LogP contribution in [-0.4, -0.2) is 37.8 Å². The molecular formula is C25H22BrN3O5. The molecule has 1 heterocycles. The Morgan fingerprint density at radius 2 is 1.79 bits per heavy atom. The van der Waals surface area contributed by atoms with Gasteiger partial charge in [0.05, 0.1) is 12.8 Å². The minimum absolute atomic E-state index is 0.236. The highest BCUT2D eigenvalue weighted by molar-refractivity contribution is 9.10. The first-order valence-corrected chi connectivity index (χ1v) is 11.3. The van der Waals surface area contributed by atoms with Crippen molar-refractivity contribution in [2.24, 2.45) is 5.10 Å². The zero-order valence-electron chi connectivity index (χ0n) is 18.1. The Hall–Kier alpha value is -3.85. The maximum atomic E-state index is 12.4. The van der Waals surface area contributed by atoms with Crippen LogP contribution in [0, 0.1) is 0 Å². The molecule has 2 amide bonds. The highest BCUT2D eigenvalue weighted by Crippen LogP contribution is 2.30. The fourth-order valence-electron chi connectivity index (χ4n) is 3.15. The monoisotopic (exact) mass is 523 g/mol. The predicted octanol–water partition coefficient (Wildman–Crippen LogP) is 3.68. The molecule has 1 aliphatic rings. The van der Waals surface area contributed by atoms with E-state index in [4.69, 9.17) is 14.2 Å². The number of hydrogen-bond acceptors (Lipinski definition) is 6. The first kappa shape index (κ1) is 23.3. The van der Waals surface area contributed by atoms with Crippen molar-refractivity contribution >= 4 is 34.0 Å². The molecule has 0 spiro atoms. The SMILES string of the molecule is O=C(CNC(=O)c1ccc2c(c1)OCCO2)N/N=C/c1cc(Br)ccc1OCc1ccccc1. The van der Waals surface area contributed by atoms with E-state index in [1.165, 1.54) is 6.21 Å². The van der Waals surface area contributed by atoms with E-state index < -0.39 is 11.8 Å². The lowest BCUT2D eigenvalue weighted by atomic mass is 10.2. The summed E-state index contributed by atoms with van der Waals surface area (Å²) in [6.45, 7) is 1.07. The molecule has 3 aromatic rings. The number of hydrogen-bond donors (Lipinski definition) is 2. The number of benzene rings is 3. The van der Waals surface area contributed by atoms with Crippen molar-refractivity contribution < 1.29 is 23.8 Å². The smallest absolute Gasteiger partial charge is 0.259 e. The van der Waals surface area contributed by atoms with Gasteiger partial charge in [0.25, 0.3) is 11.8 Å². The lowest BCUT2D eigenvalue weighted by Gasteiger charge is -2.18. The van der Waals surface area contributed by atoms with E-state index in [0.717, 1.165) is 10.0 Å². The van der Waals surface area contributed by atoms with Crippen LogP contribution in [0.15, 0.2) is 76.3 Å². The van der Waals surface area contributed by atoms with Gasteiger partial charge >= 0.3 is 0 Å². The summed E-state index contributed by atoms with van der Waals surface area (Å²) in [5.41, 5.74) is 4.50. The highest BCUT2D eigenvalue weighted by Gasteiger charge is 2.15. The Morgan fingerprint density at radius 3 is 2.62 bits per heavy atom. The van der Waals surface area contributed by atoms with Crippen molar-refractivity contribution in [3.63, 3.8) is 0 Å². The third-order valence-electron chi connectivity index (χ3n) is 4.82. The second kappa shape index (κ2) is 11.3. The van der Waals surface area contributed by atoms with Crippen molar-refractivity contribution in [3.05, 3.63) is 87.9 Å². The summed E-state index contributed by atoms with van der Waals surface area (Å²) >= 11 is 3.43. The molecule has 0 fully saturated rings. The lowest BCUT2D eigenvalue weighted by molar-refractivity contribution is -0.120. The van der Waals surface area contributed by atoms with Crippen molar-refractivity contribution in [1.82, 2.24) is 10.7 Å². The molecule has 0 bridgehead atoms. The number of fused-ring (bicyclic) bond motifs is 1. The average molecular weight is 524 g/mol. The molecule has 0 atom stereocenters. The number of carbonyl (C=O) groups excluding carboxylic acids is 2. The van der Waals surface area contributed by atoms with Gasteiger partial charge in [0.1, 0.15) is 25.6 Å². The van der Waals surface area contributed by atoms with Gasteiger partial charge in [-0.25, -0.2) is 5.43 Å². The summed E-state index contributed by atoms with van der Waals surface area (Å²) in [6.07, 6.45) is 1.49. The molecule has 0 aliphatic carbocycles. The Labute approximate surface area is 205 Å². The highest BCUT2D eigenvalue weighted by atomic mass is 79.9. The summed E-state index contributed by atoms with van der Waals surface area (Å²) < 4.78 is 17.7. The second-order valence-corrected chi connectivity index (χ2v) is 8.21. The van der Waals surface area contributed by atoms with Crippen LogP contribution < -0.4 is 25.0 Å². The summed E-state index contributed by atoms with van der Waals surface area (Å²) in [5, 5.41) is 6.55. The van der Waals surface area contributed by atoms with Gasteiger partial charge in [-0.2, -0.15) is 5.10 Å². The Bertz CT molecular complexity index is 1200. The van der Waals surface area contributed by atoms with Crippen molar-refractivity contribution in [3.8, 4) is 17.2 Å². The van der Waals surface area contributed by atoms with Crippen LogP contribution in [0.3, 0.4) is 0 Å². The van der Waals surface area contributed by atoms with Gasteiger partial charge in [0, 0.05) is 15.6 Å². The molecule has 34 heavy (non-hydrogen) atoms. The molecule has 4 rings (SSSR count). The first-order chi connectivity index (χ1) is 16.6. The molecule has 0 unspecified atom stereocenters. The van der Waals surface area contributed by atoms with Crippen LogP contribution in [0.2, 0.25) is 0 Å². The summed E-state index contributed by atoms with van der Waals surface area (Å²) in [5.74, 6) is 0.849. The van der Waals surface area contributed by atoms with Gasteiger partial charge in [-0.05, 0) is 42.0 Å². The van der Waals surface area contributed by atoms with Crippen LogP contribution in [-0.2, 0) is 11.4 Å². The molecule has 0 saturated carbocycles. The Morgan fingerprint density at radius 1 is 1.00 bits per heavy atom. The van der Waals surface area contributed by atoms with Crippen molar-refractivity contribution in [2.75, 3.05) is 19.8 Å². The first-order valence-electron chi connectivity index (χ1n) is 10.5. The molecule has 2 N–H and O–H groups in total. The number of nitrogens with one attached hydrogen (secondary N) is 2. The average Bonchev–Trinajstić information content (AvgIpc) is 2.87. The third-order valence-corrected chi connectivity index (χ3v) is 5.31. The fourth-order valence-corrected chi connectivity index (χ4v) is 3.53. The predicted molar refractivity (Wildman–Crippen MR) is 130 cm³/mol. The van der Waals surface area contributed by atoms with E-state index in [1.54, 1.807) is 18.2 Å². The quantitative estimate of drug-likeness (QED) is 0.346. The van der Waals surface area contributed by atoms with E-state index in [1.807, 2.05) is 48.5 Å². The summed E-state index contributed by atoms with van der Waals surface area (Å²) in [6, 6.07) is 20.2. The maximum absolute atomic E-state index is 12.4. The van der Waals surface area contributed by atoms with E-state index in [0.29, 0.717) is 48.2 Å². The zero-order chi connectivity index (χ0) is 23.8. The molecular weight excluding hydrogens is 502 g/mol. The number of carbonyl (C=O) groups is 2. The molecule has 0 saturated heterocycles. The molecule has 8 nitrogen and oxygen atoms in total. The van der Waals surface area contributed by atoms with Crippen molar-refractivity contribution in [2.45, 2.75) is 6.61 Å². The van der Waals surface area contributed by atoms with Crippen molar-refractivity contribution in [1.29, 1.82) is 0 Å². The van der Waals surface area contributed by atoms with Crippen LogP contribution in [0.5, 0.6) is 17.2 Å². The van der Waals surface area contributed by atoms with Gasteiger partial charge in [-0.15, -0.1) is 0 Å². The zero-order valence-corrected chi connectivity index (χ0v) is 19.7. The Kier molecular flexibility index (Phi) is 7.77. The topological polar surface area (TPSA) is 98.3 Å². The number of hydrazone groups is 1. The minimum Gasteiger partial charge on any atom is -0.488 e. The van der Waals surface area contributed by atoms with Gasteiger partial charge in [0.2, 0.25) is 0 Å². The summed E-state index contributed by atoms with van der Waals surface area (Å²) in [4.78, 5) is 24.5. The second-order valence-electron chi connectivity index (χ2n) is 7.29. The molecule has 0 radical (unpaired) electrons. The third kappa shape index (κ3) is 6.35. The van der Waals surface area contributed by atoms with E-state index in [-0.39, 0.29) is 6.54 Å². The minimum atomic E-state index is -0.469. The molecule has 3 aromatic carbocycles. The fraction of sp³-hybridized carbons (Fsp3) is 0.160. The van der Waals surface area contributed by atoms with E-state index in [2.05, 4.69) is 31.8 Å². The van der Waals surface area contributed by atoms with Gasteiger partial charge in [-0.3, -0.25) is 9.59 Å². The lowest BCUT2D eigenvalue weighted by Crippen LogP contribution is -2.35. The number of ether oxygens (including phenoxy) is 3. The van der Waals surface area contributed by atoms with Gasteiger partial charge in [-0.1, -0.05) is 46.3 Å². The Balaban J connectivity index is 1.29. The van der Waals surface area contributed by atoms with Gasteiger partial charge in [0.15, 0.2) is 11.5 Å². The van der Waals surface area contributed by atoms with Crippen LogP contribution in [0.4, 0.5) is 0 Å². The standard InChI is InChI=1S/C25H22BrN3O5/c26-20-7-9-21(34-16-17-4-2-1-3-5-17)19(12-20)14-28-29-24(30)15-27-25(31)18-6-8-22-23(13-18)33-11-10-32-22/h1-9,12-14H,10-11,15-16H2,(H,27,31)(H,29,30)/b28-14+. The van der Waals surface area contributed by atoms with Crippen LogP contribution in [0.25, 0.3) is 0 Å². The van der Waals surface area contributed by atoms with E-state index in [9.17, 15) is 9.59 Å². The van der Waals surface area contributed by atoms with E-state index >= 15 is 0 Å². The largest absolute Gasteiger partial charge is 0.488 e. The number of rotatable bonds is 8. The number of nitrogens with zero attached hydrogens (tertiary/aromatic N) is 1. The number of halogens is 1. The molecule has 1 aliphatic heterocycles. The maximum Gasteiger partial charge on any atom is 0.259 e. The summed E-state index contributed by atoms with van der Waals surface area (Å²) in [7, 11) is 0. The number of amides is 2. The molecule has 9 heteroatoms. The van der Waals surface area contributed by atoms with Crippen LogP contribution >= 0.6 is 15.9 Å². The van der Waals surface area contributed by atoms with Gasteiger partial charge < -0.3 is 19.5 Å². The molecule has 0 aromatic heterocycles.